The molecule has 1 saturated heterocycles. The van der Waals surface area contributed by atoms with Gasteiger partial charge in [0.25, 0.3) is 0 Å². The van der Waals surface area contributed by atoms with Gasteiger partial charge in [-0.2, -0.15) is 0 Å². The van der Waals surface area contributed by atoms with E-state index in [-0.39, 0.29) is 41.8 Å². The SMILES string of the molecule is CN(C)C(=O)CN=C(NCC1CCOC1)NCC(C)(C)Cc1cccc(Cl)c1.I. The van der Waals surface area contributed by atoms with Gasteiger partial charge in [-0.15, -0.1) is 24.0 Å². The predicted octanol–water partition coefficient (Wildman–Crippen LogP) is 3.19. The summed E-state index contributed by atoms with van der Waals surface area (Å²) >= 11 is 6.11. The van der Waals surface area contributed by atoms with Crippen molar-refractivity contribution in [3.8, 4) is 0 Å². The van der Waals surface area contributed by atoms with Gasteiger partial charge in [0.05, 0.1) is 6.61 Å². The Bertz CT molecular complexity index is 676. The van der Waals surface area contributed by atoms with Crippen LogP contribution in [0.1, 0.15) is 25.8 Å². The third-order valence-electron chi connectivity index (χ3n) is 4.76. The van der Waals surface area contributed by atoms with Crippen molar-refractivity contribution in [2.75, 3.05) is 46.9 Å². The first-order valence-electron chi connectivity index (χ1n) is 9.80. The highest BCUT2D eigenvalue weighted by atomic mass is 127. The second-order valence-electron chi connectivity index (χ2n) is 8.39. The minimum atomic E-state index is -0.0245. The lowest BCUT2D eigenvalue weighted by atomic mass is 9.86. The van der Waals surface area contributed by atoms with E-state index in [9.17, 15) is 4.79 Å². The van der Waals surface area contributed by atoms with E-state index in [2.05, 4.69) is 35.5 Å². The van der Waals surface area contributed by atoms with Gasteiger partial charge < -0.3 is 20.3 Å². The molecule has 1 aliphatic rings. The Morgan fingerprint density at radius 2 is 2.10 bits per heavy atom. The van der Waals surface area contributed by atoms with Gasteiger partial charge in [0.2, 0.25) is 5.91 Å². The van der Waals surface area contributed by atoms with Crippen molar-refractivity contribution in [1.82, 2.24) is 15.5 Å². The van der Waals surface area contributed by atoms with E-state index >= 15 is 0 Å². The van der Waals surface area contributed by atoms with Gasteiger partial charge >= 0.3 is 0 Å². The molecule has 0 aromatic heterocycles. The number of carbonyl (C=O) groups excluding carboxylic acids is 1. The van der Waals surface area contributed by atoms with Crippen molar-refractivity contribution in [3.63, 3.8) is 0 Å². The first kappa shape index (κ1) is 26.0. The van der Waals surface area contributed by atoms with Crippen molar-refractivity contribution in [3.05, 3.63) is 34.9 Å². The molecule has 2 N–H and O–H groups in total. The van der Waals surface area contributed by atoms with Crippen molar-refractivity contribution >= 4 is 47.4 Å². The zero-order valence-corrected chi connectivity index (χ0v) is 20.9. The van der Waals surface area contributed by atoms with E-state index in [0.29, 0.717) is 11.9 Å². The number of ether oxygens (including phenoxy) is 1. The maximum absolute atomic E-state index is 11.9. The average Bonchev–Trinajstić information content (AvgIpc) is 3.13. The summed E-state index contributed by atoms with van der Waals surface area (Å²) in [5, 5.41) is 7.53. The maximum Gasteiger partial charge on any atom is 0.243 e. The molecule has 1 aromatic carbocycles. The summed E-state index contributed by atoms with van der Waals surface area (Å²) in [5.74, 6) is 1.13. The lowest BCUT2D eigenvalue weighted by Crippen LogP contribution is -2.44. The summed E-state index contributed by atoms with van der Waals surface area (Å²) in [7, 11) is 3.48. The van der Waals surface area contributed by atoms with E-state index in [1.165, 1.54) is 5.56 Å². The van der Waals surface area contributed by atoms with Gasteiger partial charge in [0.15, 0.2) is 5.96 Å². The first-order valence-corrected chi connectivity index (χ1v) is 10.2. The molecule has 164 valence electrons. The second-order valence-corrected chi connectivity index (χ2v) is 8.82. The summed E-state index contributed by atoms with van der Waals surface area (Å²) in [6, 6.07) is 7.97. The highest BCUT2D eigenvalue weighted by molar-refractivity contribution is 14.0. The Hall–Kier alpha value is -1.06. The standard InChI is InChI=1S/C21H33ClN4O2.HI/c1-21(2,11-16-6-5-7-18(22)10-16)15-25-20(24-13-19(27)26(3)4)23-12-17-8-9-28-14-17;/h5-7,10,17H,8-9,11-15H2,1-4H3,(H2,23,24,25);1H. The fraction of sp³-hybridized carbons (Fsp3) is 0.619. The summed E-state index contributed by atoms with van der Waals surface area (Å²) in [6.45, 7) is 7.63. The molecule has 2 rings (SSSR count). The van der Waals surface area contributed by atoms with Crippen molar-refractivity contribution in [2.24, 2.45) is 16.3 Å². The minimum absolute atomic E-state index is 0. The van der Waals surface area contributed by atoms with Crippen molar-refractivity contribution in [1.29, 1.82) is 0 Å². The molecule has 0 spiro atoms. The smallest absolute Gasteiger partial charge is 0.243 e. The summed E-state index contributed by atoms with van der Waals surface area (Å²) in [4.78, 5) is 17.9. The van der Waals surface area contributed by atoms with Crippen LogP contribution in [0.3, 0.4) is 0 Å². The number of likely N-dealkylation sites (N-methyl/N-ethyl adjacent to an activating group) is 1. The van der Waals surface area contributed by atoms with Crippen LogP contribution in [0.25, 0.3) is 0 Å². The minimum Gasteiger partial charge on any atom is -0.381 e. The highest BCUT2D eigenvalue weighted by Gasteiger charge is 2.21. The third-order valence-corrected chi connectivity index (χ3v) is 4.99. The quantitative estimate of drug-likeness (QED) is 0.304. The summed E-state index contributed by atoms with van der Waals surface area (Å²) in [6.07, 6.45) is 1.94. The summed E-state index contributed by atoms with van der Waals surface area (Å²) < 4.78 is 5.44. The second kappa shape index (κ2) is 12.6. The molecule has 6 nitrogen and oxygen atoms in total. The van der Waals surface area contributed by atoms with Crippen LogP contribution < -0.4 is 10.6 Å². The highest BCUT2D eigenvalue weighted by Crippen LogP contribution is 2.22. The van der Waals surface area contributed by atoms with E-state index in [4.69, 9.17) is 16.3 Å². The van der Waals surface area contributed by atoms with Crippen LogP contribution in [-0.2, 0) is 16.0 Å². The molecule has 1 aromatic rings. The fourth-order valence-corrected chi connectivity index (χ4v) is 3.25. The number of nitrogens with zero attached hydrogens (tertiary/aromatic N) is 2. The molecular weight excluding hydrogens is 503 g/mol. The Morgan fingerprint density at radius 1 is 1.34 bits per heavy atom. The molecule has 1 aliphatic heterocycles. The number of hydrogen-bond donors (Lipinski definition) is 2. The number of amides is 1. The maximum atomic E-state index is 11.9. The van der Waals surface area contributed by atoms with Crippen molar-refractivity contribution < 1.29 is 9.53 Å². The number of rotatable bonds is 8. The number of halogens is 2. The normalized spacial score (nSPS) is 16.9. The molecular formula is C21H34ClIN4O2. The van der Waals surface area contributed by atoms with Gasteiger partial charge in [0.1, 0.15) is 6.54 Å². The van der Waals surface area contributed by atoms with Crippen LogP contribution in [0, 0.1) is 11.3 Å². The molecule has 0 bridgehead atoms. The monoisotopic (exact) mass is 536 g/mol. The van der Waals surface area contributed by atoms with E-state index in [0.717, 1.165) is 44.2 Å². The fourth-order valence-electron chi connectivity index (χ4n) is 3.03. The molecule has 1 unspecified atom stereocenters. The Kier molecular flexibility index (Phi) is 11.3. The van der Waals surface area contributed by atoms with Crippen molar-refractivity contribution in [2.45, 2.75) is 26.7 Å². The van der Waals surface area contributed by atoms with Gasteiger partial charge in [-0.1, -0.05) is 37.6 Å². The number of guanidine groups is 1. The molecule has 0 aliphatic carbocycles. The van der Waals surface area contributed by atoms with Crippen LogP contribution in [0.5, 0.6) is 0 Å². The topological polar surface area (TPSA) is 66.0 Å². The lowest BCUT2D eigenvalue weighted by molar-refractivity contribution is -0.127. The number of benzene rings is 1. The Balaban J connectivity index is 0.00000420. The van der Waals surface area contributed by atoms with Gasteiger partial charge in [-0.3, -0.25) is 4.79 Å². The molecule has 1 heterocycles. The third kappa shape index (κ3) is 10.00. The van der Waals surface area contributed by atoms with E-state index < -0.39 is 0 Å². The average molecular weight is 537 g/mol. The van der Waals surface area contributed by atoms with Crippen LogP contribution >= 0.6 is 35.6 Å². The van der Waals surface area contributed by atoms with Crippen LogP contribution in [0.4, 0.5) is 0 Å². The van der Waals surface area contributed by atoms with Crippen LogP contribution in [-0.4, -0.2) is 63.7 Å². The molecule has 8 heteroatoms. The van der Waals surface area contributed by atoms with Gasteiger partial charge in [0, 0.05) is 44.7 Å². The predicted molar refractivity (Wildman–Crippen MR) is 130 cm³/mol. The van der Waals surface area contributed by atoms with Gasteiger partial charge in [-0.05, 0) is 36.0 Å². The molecule has 0 radical (unpaired) electrons. The molecule has 29 heavy (non-hydrogen) atoms. The van der Waals surface area contributed by atoms with Crippen LogP contribution in [0.15, 0.2) is 29.3 Å². The molecule has 1 amide bonds. The number of hydrogen-bond acceptors (Lipinski definition) is 3. The molecule has 1 fully saturated rings. The van der Waals surface area contributed by atoms with E-state index in [1.807, 2.05) is 18.2 Å². The largest absolute Gasteiger partial charge is 0.381 e. The first-order chi connectivity index (χ1) is 13.2. The lowest BCUT2D eigenvalue weighted by Gasteiger charge is -2.27. The summed E-state index contributed by atoms with van der Waals surface area (Å²) in [5.41, 5.74) is 1.20. The molecule has 0 saturated carbocycles. The number of nitrogens with one attached hydrogen (secondary N) is 2. The molecule has 1 atom stereocenters. The zero-order valence-electron chi connectivity index (χ0n) is 17.8. The Morgan fingerprint density at radius 3 is 2.72 bits per heavy atom. The van der Waals surface area contributed by atoms with E-state index in [1.54, 1.807) is 19.0 Å². The van der Waals surface area contributed by atoms with Gasteiger partial charge in [-0.25, -0.2) is 4.99 Å². The zero-order chi connectivity index (χ0) is 20.6. The van der Waals surface area contributed by atoms with Crippen LogP contribution in [0.2, 0.25) is 5.02 Å². The number of carbonyl (C=O) groups is 1. The number of aliphatic imine (C=N–C) groups is 1. The Labute approximate surface area is 196 Å².